The third-order valence-corrected chi connectivity index (χ3v) is 3.40. The lowest BCUT2D eigenvalue weighted by Gasteiger charge is -2.23. The van der Waals surface area contributed by atoms with Gasteiger partial charge in [0.1, 0.15) is 5.75 Å². The largest absolute Gasteiger partial charge is 0.506 e. The predicted molar refractivity (Wildman–Crippen MR) is 65.9 cm³/mol. The summed E-state index contributed by atoms with van der Waals surface area (Å²) >= 11 is 5.88. The number of hydrogen-bond acceptors (Lipinski definition) is 3. The van der Waals surface area contributed by atoms with Gasteiger partial charge in [-0.25, -0.2) is 0 Å². The van der Waals surface area contributed by atoms with Crippen LogP contribution in [0.1, 0.15) is 12.0 Å². The van der Waals surface area contributed by atoms with Gasteiger partial charge in [-0.2, -0.15) is 0 Å². The van der Waals surface area contributed by atoms with Crippen LogP contribution in [-0.2, 0) is 6.54 Å². The maximum absolute atomic E-state index is 9.33. The molecule has 2 N–H and O–H groups in total. The highest BCUT2D eigenvalue weighted by atomic mass is 35.5. The first-order valence-corrected chi connectivity index (χ1v) is 5.93. The molecule has 88 valence electrons. The number of rotatable bonds is 3. The number of nitrogens with one attached hydrogen (secondary N) is 1. The van der Waals surface area contributed by atoms with Gasteiger partial charge in [0, 0.05) is 19.1 Å². The van der Waals surface area contributed by atoms with E-state index in [0.29, 0.717) is 11.1 Å². The minimum Gasteiger partial charge on any atom is -0.506 e. The number of hydrogen-bond donors (Lipinski definition) is 2. The molecule has 0 saturated carbocycles. The topological polar surface area (TPSA) is 35.5 Å². The third kappa shape index (κ3) is 2.67. The molecule has 1 aliphatic rings. The van der Waals surface area contributed by atoms with Crippen LogP contribution < -0.4 is 5.32 Å². The minimum atomic E-state index is 0.149. The zero-order valence-electron chi connectivity index (χ0n) is 9.41. The minimum absolute atomic E-state index is 0.149. The lowest BCUT2D eigenvalue weighted by Crippen LogP contribution is -2.32. The van der Waals surface area contributed by atoms with E-state index in [9.17, 15) is 5.11 Å². The highest BCUT2D eigenvalue weighted by Gasteiger charge is 2.19. The quantitative estimate of drug-likeness (QED) is 0.847. The van der Waals surface area contributed by atoms with Gasteiger partial charge in [0.2, 0.25) is 0 Å². The molecule has 0 bridgehead atoms. The highest BCUT2D eigenvalue weighted by Crippen LogP contribution is 2.24. The summed E-state index contributed by atoms with van der Waals surface area (Å²) in [7, 11) is 2.12. The molecule has 3 nitrogen and oxygen atoms in total. The van der Waals surface area contributed by atoms with Crippen LogP contribution in [0.4, 0.5) is 0 Å². The molecule has 4 heteroatoms. The number of phenolic OH excluding ortho intramolecular Hbond substituents is 1. The number of phenols is 1. The Morgan fingerprint density at radius 1 is 1.56 bits per heavy atom. The lowest BCUT2D eigenvalue weighted by atomic mass is 10.1. The van der Waals surface area contributed by atoms with Crippen molar-refractivity contribution in [1.82, 2.24) is 10.2 Å². The number of likely N-dealkylation sites (N-methyl/N-ethyl adjacent to an activating group) is 1. The summed E-state index contributed by atoms with van der Waals surface area (Å²) in [5.41, 5.74) is 1.14. The standard InChI is InChI=1S/C12H17ClN2O/c1-15(10-4-5-14-7-10)8-9-2-3-12(16)11(13)6-9/h2-3,6,10,14,16H,4-5,7-8H2,1H3. The van der Waals surface area contributed by atoms with E-state index >= 15 is 0 Å². The molecule has 0 amide bonds. The van der Waals surface area contributed by atoms with Crippen molar-refractivity contribution < 1.29 is 5.11 Å². The number of nitrogens with zero attached hydrogens (tertiary/aromatic N) is 1. The first-order valence-electron chi connectivity index (χ1n) is 5.55. The third-order valence-electron chi connectivity index (χ3n) is 3.10. The Morgan fingerprint density at radius 3 is 3.00 bits per heavy atom. The van der Waals surface area contributed by atoms with Crippen molar-refractivity contribution in [3.8, 4) is 5.75 Å². The molecule has 0 aromatic heterocycles. The molecule has 2 rings (SSSR count). The van der Waals surface area contributed by atoms with Crippen LogP contribution in [0.5, 0.6) is 5.75 Å². The fraction of sp³-hybridized carbons (Fsp3) is 0.500. The van der Waals surface area contributed by atoms with Gasteiger partial charge in [0.15, 0.2) is 0 Å². The van der Waals surface area contributed by atoms with Crippen LogP contribution in [0, 0.1) is 0 Å². The average Bonchev–Trinajstić information content (AvgIpc) is 2.77. The molecule has 0 spiro atoms. The van der Waals surface area contributed by atoms with Crippen molar-refractivity contribution in [2.24, 2.45) is 0 Å². The average molecular weight is 241 g/mol. The number of aromatic hydroxyl groups is 1. The van der Waals surface area contributed by atoms with Crippen LogP contribution in [0.3, 0.4) is 0 Å². The normalized spacial score (nSPS) is 20.6. The van der Waals surface area contributed by atoms with Gasteiger partial charge in [-0.05, 0) is 37.7 Å². The smallest absolute Gasteiger partial charge is 0.134 e. The van der Waals surface area contributed by atoms with Gasteiger partial charge in [-0.3, -0.25) is 4.90 Å². The maximum atomic E-state index is 9.33. The second-order valence-corrected chi connectivity index (χ2v) is 4.75. The maximum Gasteiger partial charge on any atom is 0.134 e. The van der Waals surface area contributed by atoms with E-state index in [2.05, 4.69) is 17.3 Å². The molecule has 1 aromatic carbocycles. The van der Waals surface area contributed by atoms with Gasteiger partial charge >= 0.3 is 0 Å². The fourth-order valence-electron chi connectivity index (χ4n) is 2.08. The summed E-state index contributed by atoms with van der Waals surface area (Å²) in [5.74, 6) is 0.149. The first-order chi connectivity index (χ1) is 7.66. The molecule has 1 aromatic rings. The van der Waals surface area contributed by atoms with E-state index in [0.717, 1.165) is 25.2 Å². The van der Waals surface area contributed by atoms with Crippen LogP contribution >= 0.6 is 11.6 Å². The number of benzene rings is 1. The summed E-state index contributed by atoms with van der Waals surface area (Å²) in [6.07, 6.45) is 1.20. The fourth-order valence-corrected chi connectivity index (χ4v) is 2.28. The van der Waals surface area contributed by atoms with E-state index < -0.39 is 0 Å². The van der Waals surface area contributed by atoms with Crippen LogP contribution in [0.15, 0.2) is 18.2 Å². The van der Waals surface area contributed by atoms with Gasteiger partial charge in [0.25, 0.3) is 0 Å². The molecular weight excluding hydrogens is 224 g/mol. The van der Waals surface area contributed by atoms with Crippen molar-refractivity contribution in [3.63, 3.8) is 0 Å². The molecule has 1 saturated heterocycles. The van der Waals surface area contributed by atoms with Crippen molar-refractivity contribution >= 4 is 11.6 Å². The molecule has 1 atom stereocenters. The van der Waals surface area contributed by atoms with E-state index in [1.807, 2.05) is 12.1 Å². The van der Waals surface area contributed by atoms with Crippen molar-refractivity contribution in [2.75, 3.05) is 20.1 Å². The SMILES string of the molecule is CN(Cc1ccc(O)c(Cl)c1)C1CCNC1. The second kappa shape index (κ2) is 5.04. The van der Waals surface area contributed by atoms with Crippen LogP contribution in [0.25, 0.3) is 0 Å². The Balaban J connectivity index is 1.99. The molecule has 1 fully saturated rings. The Bertz CT molecular complexity index is 364. The second-order valence-electron chi connectivity index (χ2n) is 4.35. The lowest BCUT2D eigenvalue weighted by molar-refractivity contribution is 0.249. The van der Waals surface area contributed by atoms with Crippen molar-refractivity contribution in [2.45, 2.75) is 19.0 Å². The van der Waals surface area contributed by atoms with E-state index in [1.54, 1.807) is 6.07 Å². The van der Waals surface area contributed by atoms with Gasteiger partial charge < -0.3 is 10.4 Å². The molecule has 1 heterocycles. The van der Waals surface area contributed by atoms with E-state index in [1.165, 1.54) is 6.42 Å². The zero-order chi connectivity index (χ0) is 11.5. The summed E-state index contributed by atoms with van der Waals surface area (Å²) < 4.78 is 0. The Kier molecular flexibility index (Phi) is 3.69. The van der Waals surface area contributed by atoms with Gasteiger partial charge in [-0.1, -0.05) is 17.7 Å². The molecule has 16 heavy (non-hydrogen) atoms. The predicted octanol–water partition coefficient (Wildman–Crippen LogP) is 1.84. The summed E-state index contributed by atoms with van der Waals surface area (Å²) in [5, 5.41) is 13.1. The Hall–Kier alpha value is -0.770. The molecule has 1 aliphatic heterocycles. The summed E-state index contributed by atoms with van der Waals surface area (Å²) in [6.45, 7) is 3.03. The summed E-state index contributed by atoms with van der Waals surface area (Å²) in [4.78, 5) is 2.32. The van der Waals surface area contributed by atoms with E-state index in [-0.39, 0.29) is 5.75 Å². The van der Waals surface area contributed by atoms with Crippen LogP contribution in [-0.4, -0.2) is 36.2 Å². The number of halogens is 1. The van der Waals surface area contributed by atoms with Gasteiger partial charge in [0.05, 0.1) is 5.02 Å². The monoisotopic (exact) mass is 240 g/mol. The van der Waals surface area contributed by atoms with E-state index in [4.69, 9.17) is 11.6 Å². The zero-order valence-corrected chi connectivity index (χ0v) is 10.2. The summed E-state index contributed by atoms with van der Waals surface area (Å²) in [6, 6.07) is 6.00. The van der Waals surface area contributed by atoms with Crippen LogP contribution in [0.2, 0.25) is 5.02 Å². The van der Waals surface area contributed by atoms with Gasteiger partial charge in [-0.15, -0.1) is 0 Å². The van der Waals surface area contributed by atoms with Crippen molar-refractivity contribution in [3.05, 3.63) is 28.8 Å². The Morgan fingerprint density at radius 2 is 2.38 bits per heavy atom. The molecule has 0 aliphatic carbocycles. The highest BCUT2D eigenvalue weighted by molar-refractivity contribution is 6.32. The molecule has 1 unspecified atom stereocenters. The van der Waals surface area contributed by atoms with Crippen molar-refractivity contribution in [1.29, 1.82) is 0 Å². The molecule has 0 radical (unpaired) electrons. The molecular formula is C12H17ClN2O. The first kappa shape index (κ1) is 11.7. The Labute approximate surface area is 101 Å².